The monoisotopic (exact) mass is 586 g/mol. The van der Waals surface area contributed by atoms with E-state index >= 15 is 0 Å². The number of hydrogen-bond acceptors (Lipinski definition) is 4. The highest BCUT2D eigenvalue weighted by Crippen LogP contribution is 2.40. The molecule has 0 saturated carbocycles. The third-order valence-corrected chi connectivity index (χ3v) is 9.72. The maximum Gasteiger partial charge on any atom is 0.245 e. The topological polar surface area (TPSA) is 58.6 Å². The van der Waals surface area contributed by atoms with Crippen molar-refractivity contribution in [1.82, 2.24) is 5.32 Å². The maximum absolute atomic E-state index is 14.8. The third kappa shape index (κ3) is 9.44. The van der Waals surface area contributed by atoms with Crippen LogP contribution in [-0.4, -0.2) is 42.1 Å². The Kier molecular flexibility index (Phi) is 13.7. The number of nitrogens with zero attached hydrogens (tertiary/aromatic N) is 1. The smallest absolute Gasteiger partial charge is 0.245 e. The van der Waals surface area contributed by atoms with Gasteiger partial charge in [-0.3, -0.25) is 14.5 Å². The number of benzene rings is 2. The minimum absolute atomic E-state index is 0.0652. The second-order valence-corrected chi connectivity index (χ2v) is 12.9. The summed E-state index contributed by atoms with van der Waals surface area (Å²) in [5.74, 6) is 1.71. The van der Waals surface area contributed by atoms with Crippen LogP contribution in [0.4, 0.5) is 5.69 Å². The molecular weight excluding hydrogens is 540 g/mol. The van der Waals surface area contributed by atoms with Crippen LogP contribution in [0.5, 0.6) is 5.75 Å². The summed E-state index contributed by atoms with van der Waals surface area (Å²) < 4.78 is 4.43. The number of anilines is 1. The Hall–Kier alpha value is -2.18. The number of carbonyl (C=O) groups excluding carboxylic acids is 2. The van der Waals surface area contributed by atoms with Crippen molar-refractivity contribution in [2.75, 3.05) is 24.4 Å². The molecule has 1 fully saturated rings. The second-order valence-electron chi connectivity index (χ2n) is 11.3. The molecule has 1 saturated heterocycles. The molecule has 1 aliphatic heterocycles. The van der Waals surface area contributed by atoms with Crippen LogP contribution in [-0.2, 0) is 15.3 Å². The lowest BCUT2D eigenvalue weighted by molar-refractivity contribution is -0.127. The van der Waals surface area contributed by atoms with Crippen molar-refractivity contribution in [1.29, 1.82) is 0 Å². The lowest BCUT2D eigenvalue weighted by Gasteiger charge is -2.40. The summed E-state index contributed by atoms with van der Waals surface area (Å²) in [6.07, 6.45) is 10.2. The van der Waals surface area contributed by atoms with Crippen LogP contribution in [0, 0.1) is 5.92 Å². The number of ether oxygens (including phenoxy) is 1. The van der Waals surface area contributed by atoms with E-state index in [0.29, 0.717) is 25.1 Å². The van der Waals surface area contributed by atoms with Gasteiger partial charge in [-0.2, -0.15) is 0 Å². The van der Waals surface area contributed by atoms with Crippen LogP contribution < -0.4 is 15.0 Å². The highest BCUT2D eigenvalue weighted by molar-refractivity contribution is 8.00. The zero-order valence-electron chi connectivity index (χ0n) is 24.5. The highest BCUT2D eigenvalue weighted by atomic mass is 35.5. The molecule has 3 rings (SSSR count). The largest absolute Gasteiger partial charge is 0.497 e. The number of methoxy groups -OCH3 is 1. The third-order valence-electron chi connectivity index (χ3n) is 7.59. The molecule has 2 atom stereocenters. The average Bonchev–Trinajstić information content (AvgIpc) is 2.99. The Bertz CT molecular complexity index is 1030. The molecule has 0 radical (unpaired) electrons. The van der Waals surface area contributed by atoms with Crippen LogP contribution in [0.3, 0.4) is 0 Å². The standard InChI is InChI=1S/C33H47ClN2O3S/c1-26(2)23-33(25-34,40-24-27-18-20-29(39-3)21-19-27)32(38)36(28-15-11-10-12-16-28)30-17-13-8-6-4-5-7-9-14-22-35-31(30)37/h10-12,15-16,18-21,26,30H,4-9,13-14,17,22-25H2,1-3H3,(H,35,37). The number of carbonyl (C=O) groups is 2. The molecule has 2 amide bonds. The van der Waals surface area contributed by atoms with E-state index in [1.165, 1.54) is 25.7 Å². The maximum atomic E-state index is 14.8. The van der Waals surface area contributed by atoms with Crippen molar-refractivity contribution in [2.45, 2.75) is 94.6 Å². The van der Waals surface area contributed by atoms with Gasteiger partial charge in [-0.15, -0.1) is 23.4 Å². The van der Waals surface area contributed by atoms with Crippen LogP contribution in [0.2, 0.25) is 0 Å². The molecule has 0 bridgehead atoms. The number of thioether (sulfide) groups is 1. The first kappa shape index (κ1) is 32.3. The summed E-state index contributed by atoms with van der Waals surface area (Å²) in [6.45, 7) is 4.90. The van der Waals surface area contributed by atoms with Gasteiger partial charge in [-0.1, -0.05) is 89.1 Å². The molecule has 220 valence electrons. The quantitative estimate of drug-likeness (QED) is 0.287. The molecule has 1 N–H and O–H groups in total. The van der Waals surface area contributed by atoms with Crippen molar-refractivity contribution in [3.8, 4) is 5.75 Å². The first-order chi connectivity index (χ1) is 19.4. The van der Waals surface area contributed by atoms with Gasteiger partial charge < -0.3 is 10.1 Å². The average molecular weight is 587 g/mol. The minimum Gasteiger partial charge on any atom is -0.497 e. The van der Waals surface area contributed by atoms with Gasteiger partial charge in [-0.25, -0.2) is 0 Å². The van der Waals surface area contributed by atoms with Crippen LogP contribution in [0.25, 0.3) is 0 Å². The van der Waals surface area contributed by atoms with E-state index in [9.17, 15) is 9.59 Å². The molecule has 2 aromatic rings. The minimum atomic E-state index is -0.882. The summed E-state index contributed by atoms with van der Waals surface area (Å²) in [7, 11) is 1.65. The van der Waals surface area contributed by atoms with Gasteiger partial charge in [0.25, 0.3) is 0 Å². The first-order valence-electron chi connectivity index (χ1n) is 14.9. The zero-order valence-corrected chi connectivity index (χ0v) is 26.1. The predicted molar refractivity (Wildman–Crippen MR) is 169 cm³/mol. The number of hydrogen-bond donors (Lipinski definition) is 1. The lowest BCUT2D eigenvalue weighted by Crippen LogP contribution is -2.57. The van der Waals surface area contributed by atoms with Crippen LogP contribution in [0.15, 0.2) is 54.6 Å². The van der Waals surface area contributed by atoms with E-state index < -0.39 is 10.8 Å². The highest BCUT2D eigenvalue weighted by Gasteiger charge is 2.45. The summed E-state index contributed by atoms with van der Waals surface area (Å²) in [5, 5.41) is 3.17. The molecule has 5 nitrogen and oxygen atoms in total. The molecule has 2 aromatic carbocycles. The lowest BCUT2D eigenvalue weighted by atomic mass is 9.94. The van der Waals surface area contributed by atoms with Gasteiger partial charge in [0, 0.05) is 23.9 Å². The van der Waals surface area contributed by atoms with Crippen molar-refractivity contribution in [2.24, 2.45) is 5.92 Å². The molecule has 1 heterocycles. The van der Waals surface area contributed by atoms with Crippen LogP contribution >= 0.6 is 23.4 Å². The van der Waals surface area contributed by atoms with E-state index in [0.717, 1.165) is 42.7 Å². The van der Waals surface area contributed by atoms with Crippen molar-refractivity contribution < 1.29 is 14.3 Å². The van der Waals surface area contributed by atoms with Crippen LogP contribution in [0.1, 0.15) is 83.6 Å². The summed E-state index contributed by atoms with van der Waals surface area (Å²) in [5.41, 5.74) is 1.85. The summed E-state index contributed by atoms with van der Waals surface area (Å²) in [4.78, 5) is 30.4. The van der Waals surface area contributed by atoms with Gasteiger partial charge in [0.05, 0.1) is 7.11 Å². The predicted octanol–water partition coefficient (Wildman–Crippen LogP) is 7.99. The molecule has 7 heteroatoms. The Morgan fingerprint density at radius 2 is 1.62 bits per heavy atom. The van der Waals surface area contributed by atoms with Gasteiger partial charge in [0.1, 0.15) is 16.5 Å². The summed E-state index contributed by atoms with van der Waals surface area (Å²) >= 11 is 8.35. The Labute approximate surface area is 250 Å². The fraction of sp³-hybridized carbons (Fsp3) is 0.576. The van der Waals surface area contributed by atoms with E-state index in [1.807, 2.05) is 54.6 Å². The molecule has 0 spiro atoms. The number of para-hydroxylation sites is 1. The summed E-state index contributed by atoms with van der Waals surface area (Å²) in [6, 6.07) is 17.1. The number of rotatable bonds is 10. The van der Waals surface area contributed by atoms with E-state index in [4.69, 9.17) is 16.3 Å². The van der Waals surface area contributed by atoms with Crippen molar-refractivity contribution in [3.63, 3.8) is 0 Å². The molecule has 0 aliphatic carbocycles. The Morgan fingerprint density at radius 3 is 2.23 bits per heavy atom. The van der Waals surface area contributed by atoms with E-state index in [-0.39, 0.29) is 23.6 Å². The number of halogens is 1. The first-order valence-corrected chi connectivity index (χ1v) is 16.4. The Balaban J connectivity index is 1.98. The molecular formula is C33H47ClN2O3S. The van der Waals surface area contributed by atoms with Gasteiger partial charge >= 0.3 is 0 Å². The van der Waals surface area contributed by atoms with Gasteiger partial charge in [-0.05, 0) is 55.0 Å². The molecule has 1 aliphatic rings. The van der Waals surface area contributed by atoms with Gasteiger partial charge in [0.15, 0.2) is 0 Å². The second kappa shape index (κ2) is 16.9. The number of amides is 2. The Morgan fingerprint density at radius 1 is 1.00 bits per heavy atom. The molecule has 2 unspecified atom stereocenters. The number of alkyl halides is 1. The SMILES string of the molecule is COc1ccc(CSC(CCl)(CC(C)C)C(=O)N(c2ccccc2)C2CCCCCCCCCCNC2=O)cc1. The van der Waals surface area contributed by atoms with Crippen molar-refractivity contribution in [3.05, 3.63) is 60.2 Å². The van der Waals surface area contributed by atoms with E-state index in [1.54, 1.807) is 23.8 Å². The molecule has 40 heavy (non-hydrogen) atoms. The molecule has 0 aromatic heterocycles. The fourth-order valence-corrected chi connectivity index (χ4v) is 7.28. The zero-order chi connectivity index (χ0) is 28.8. The normalized spacial score (nSPS) is 18.9. The van der Waals surface area contributed by atoms with Gasteiger partial charge in [0.2, 0.25) is 11.8 Å². The van der Waals surface area contributed by atoms with E-state index in [2.05, 4.69) is 19.2 Å². The fourth-order valence-electron chi connectivity index (χ4n) is 5.44. The number of nitrogens with one attached hydrogen (secondary N) is 1. The van der Waals surface area contributed by atoms with Crippen molar-refractivity contribution >= 4 is 40.9 Å².